The van der Waals surface area contributed by atoms with Gasteiger partial charge in [0.2, 0.25) is 0 Å². The average molecular weight is 264 g/mol. The Morgan fingerprint density at radius 3 is 2.53 bits per heavy atom. The molecule has 1 atom stereocenters. The van der Waals surface area contributed by atoms with Crippen LogP contribution >= 0.6 is 0 Å². The van der Waals surface area contributed by atoms with Gasteiger partial charge in [0.15, 0.2) is 0 Å². The third-order valence-corrected chi connectivity index (χ3v) is 3.07. The standard InChI is InChI=1S/C16H28N2O/c1-5-19-16-10-14(17)9-15(11-16)18-13(4)8-6-7-12(2)3/h9-13,18H,5-8,17H2,1-4H3. The molecular weight excluding hydrogens is 236 g/mol. The van der Waals surface area contributed by atoms with E-state index >= 15 is 0 Å². The van der Waals surface area contributed by atoms with Crippen molar-refractivity contribution in [2.45, 2.75) is 53.0 Å². The third kappa shape index (κ3) is 6.37. The van der Waals surface area contributed by atoms with Gasteiger partial charge in [0.05, 0.1) is 6.61 Å². The lowest BCUT2D eigenvalue weighted by Gasteiger charge is -2.17. The molecule has 19 heavy (non-hydrogen) atoms. The molecule has 0 heterocycles. The van der Waals surface area contributed by atoms with E-state index in [0.29, 0.717) is 12.6 Å². The van der Waals surface area contributed by atoms with Crippen molar-refractivity contribution < 1.29 is 4.74 Å². The summed E-state index contributed by atoms with van der Waals surface area (Å²) in [6.07, 6.45) is 3.72. The first-order chi connectivity index (χ1) is 9.01. The van der Waals surface area contributed by atoms with Gasteiger partial charge in [-0.25, -0.2) is 0 Å². The quantitative estimate of drug-likeness (QED) is 0.688. The van der Waals surface area contributed by atoms with Gasteiger partial charge in [-0.3, -0.25) is 0 Å². The highest BCUT2D eigenvalue weighted by molar-refractivity contribution is 5.59. The predicted octanol–water partition coefficient (Wildman–Crippen LogP) is 4.29. The molecule has 1 rings (SSSR count). The van der Waals surface area contributed by atoms with Crippen LogP contribution in [-0.4, -0.2) is 12.6 Å². The summed E-state index contributed by atoms with van der Waals surface area (Å²) in [5.41, 5.74) is 7.67. The molecule has 0 aliphatic carbocycles. The molecule has 0 aliphatic rings. The molecule has 108 valence electrons. The number of hydrogen-bond acceptors (Lipinski definition) is 3. The molecule has 0 aliphatic heterocycles. The van der Waals surface area contributed by atoms with E-state index in [2.05, 4.69) is 26.1 Å². The number of benzene rings is 1. The van der Waals surface area contributed by atoms with Crippen LogP contribution in [0.25, 0.3) is 0 Å². The molecule has 0 saturated heterocycles. The zero-order chi connectivity index (χ0) is 14.3. The molecule has 0 radical (unpaired) electrons. The maximum atomic E-state index is 5.89. The van der Waals surface area contributed by atoms with Crippen LogP contribution in [0.4, 0.5) is 11.4 Å². The summed E-state index contributed by atoms with van der Waals surface area (Å²) in [6, 6.07) is 6.29. The summed E-state index contributed by atoms with van der Waals surface area (Å²) in [5, 5.41) is 3.50. The van der Waals surface area contributed by atoms with Crippen molar-refractivity contribution in [3.05, 3.63) is 18.2 Å². The van der Waals surface area contributed by atoms with Gasteiger partial charge in [0.1, 0.15) is 5.75 Å². The summed E-state index contributed by atoms with van der Waals surface area (Å²) in [7, 11) is 0. The molecule has 0 saturated carbocycles. The van der Waals surface area contributed by atoms with E-state index in [1.165, 1.54) is 19.3 Å². The number of ether oxygens (including phenoxy) is 1. The lowest BCUT2D eigenvalue weighted by Crippen LogP contribution is -2.15. The molecule has 3 N–H and O–H groups in total. The minimum Gasteiger partial charge on any atom is -0.494 e. The molecule has 1 unspecified atom stereocenters. The summed E-state index contributed by atoms with van der Waals surface area (Å²) < 4.78 is 5.50. The lowest BCUT2D eigenvalue weighted by molar-refractivity contribution is 0.340. The van der Waals surface area contributed by atoms with Crippen LogP contribution in [0, 0.1) is 5.92 Å². The Morgan fingerprint density at radius 1 is 1.16 bits per heavy atom. The van der Waals surface area contributed by atoms with E-state index < -0.39 is 0 Å². The van der Waals surface area contributed by atoms with Crippen molar-refractivity contribution in [1.82, 2.24) is 0 Å². The average Bonchev–Trinajstić information content (AvgIpc) is 2.27. The van der Waals surface area contributed by atoms with Gasteiger partial charge in [0, 0.05) is 29.5 Å². The summed E-state index contributed by atoms with van der Waals surface area (Å²) in [5.74, 6) is 1.61. The van der Waals surface area contributed by atoms with Crippen molar-refractivity contribution in [2.75, 3.05) is 17.7 Å². The first-order valence-electron chi connectivity index (χ1n) is 7.31. The summed E-state index contributed by atoms with van der Waals surface area (Å²) in [6.45, 7) is 9.39. The number of rotatable bonds is 8. The molecule has 3 heteroatoms. The normalized spacial score (nSPS) is 12.5. The van der Waals surface area contributed by atoms with Crippen molar-refractivity contribution in [1.29, 1.82) is 0 Å². The molecule has 1 aromatic rings. The van der Waals surface area contributed by atoms with E-state index in [4.69, 9.17) is 10.5 Å². The first-order valence-corrected chi connectivity index (χ1v) is 7.31. The number of nitrogens with one attached hydrogen (secondary N) is 1. The lowest BCUT2D eigenvalue weighted by atomic mass is 10.0. The van der Waals surface area contributed by atoms with Gasteiger partial charge in [0.25, 0.3) is 0 Å². The van der Waals surface area contributed by atoms with Crippen molar-refractivity contribution >= 4 is 11.4 Å². The number of nitrogens with two attached hydrogens (primary N) is 1. The smallest absolute Gasteiger partial charge is 0.123 e. The minimum absolute atomic E-state index is 0.454. The fourth-order valence-corrected chi connectivity index (χ4v) is 2.14. The van der Waals surface area contributed by atoms with Crippen molar-refractivity contribution in [3.63, 3.8) is 0 Å². The highest BCUT2D eigenvalue weighted by atomic mass is 16.5. The topological polar surface area (TPSA) is 47.3 Å². The number of anilines is 2. The Kier molecular flexibility index (Phi) is 6.54. The molecule has 0 spiro atoms. The predicted molar refractivity (Wildman–Crippen MR) is 83.8 cm³/mol. The summed E-state index contributed by atoms with van der Waals surface area (Å²) >= 11 is 0. The van der Waals surface area contributed by atoms with Gasteiger partial charge in [-0.1, -0.05) is 26.7 Å². The third-order valence-electron chi connectivity index (χ3n) is 3.07. The highest BCUT2D eigenvalue weighted by Gasteiger charge is 2.05. The van der Waals surface area contributed by atoms with Gasteiger partial charge in [-0.05, 0) is 32.3 Å². The Labute approximate surface area is 117 Å². The summed E-state index contributed by atoms with van der Waals surface area (Å²) in [4.78, 5) is 0. The molecule has 0 bridgehead atoms. The van der Waals surface area contributed by atoms with Crippen molar-refractivity contribution in [2.24, 2.45) is 5.92 Å². The second-order valence-electron chi connectivity index (χ2n) is 5.59. The van der Waals surface area contributed by atoms with E-state index in [9.17, 15) is 0 Å². The second kappa shape index (κ2) is 7.93. The maximum absolute atomic E-state index is 5.89. The molecule has 0 amide bonds. The Bertz CT molecular complexity index is 377. The van der Waals surface area contributed by atoms with Gasteiger partial charge in [-0.2, -0.15) is 0 Å². The van der Waals surface area contributed by atoms with E-state index in [1.54, 1.807) is 0 Å². The largest absolute Gasteiger partial charge is 0.494 e. The fourth-order valence-electron chi connectivity index (χ4n) is 2.14. The number of nitrogen functional groups attached to an aromatic ring is 1. The zero-order valence-electron chi connectivity index (χ0n) is 12.7. The minimum atomic E-state index is 0.454. The van der Waals surface area contributed by atoms with Crippen LogP contribution in [-0.2, 0) is 0 Å². The Balaban J connectivity index is 2.51. The van der Waals surface area contributed by atoms with Crippen LogP contribution in [0.2, 0.25) is 0 Å². The van der Waals surface area contributed by atoms with Crippen LogP contribution in [0.1, 0.15) is 47.0 Å². The van der Waals surface area contributed by atoms with Gasteiger partial charge in [-0.15, -0.1) is 0 Å². The van der Waals surface area contributed by atoms with Crippen molar-refractivity contribution in [3.8, 4) is 5.75 Å². The van der Waals surface area contributed by atoms with Crippen LogP contribution < -0.4 is 15.8 Å². The molecule has 0 aromatic heterocycles. The fraction of sp³-hybridized carbons (Fsp3) is 0.625. The SMILES string of the molecule is CCOc1cc(N)cc(NC(C)CCCC(C)C)c1. The van der Waals surface area contributed by atoms with Crippen LogP contribution in [0.15, 0.2) is 18.2 Å². The van der Waals surface area contributed by atoms with Crippen LogP contribution in [0.5, 0.6) is 5.75 Å². The zero-order valence-corrected chi connectivity index (χ0v) is 12.7. The Hall–Kier alpha value is -1.38. The van der Waals surface area contributed by atoms with Crippen LogP contribution in [0.3, 0.4) is 0 Å². The van der Waals surface area contributed by atoms with E-state index in [-0.39, 0.29) is 0 Å². The molecule has 0 fully saturated rings. The highest BCUT2D eigenvalue weighted by Crippen LogP contribution is 2.23. The second-order valence-corrected chi connectivity index (χ2v) is 5.59. The van der Waals surface area contributed by atoms with E-state index in [1.807, 2.05) is 25.1 Å². The van der Waals surface area contributed by atoms with Gasteiger partial charge >= 0.3 is 0 Å². The monoisotopic (exact) mass is 264 g/mol. The van der Waals surface area contributed by atoms with E-state index in [0.717, 1.165) is 23.0 Å². The molecule has 1 aromatic carbocycles. The molecular formula is C16H28N2O. The number of hydrogen-bond donors (Lipinski definition) is 2. The molecule has 3 nitrogen and oxygen atoms in total. The maximum Gasteiger partial charge on any atom is 0.123 e. The first kappa shape index (κ1) is 15.7. The van der Waals surface area contributed by atoms with Gasteiger partial charge < -0.3 is 15.8 Å². The Morgan fingerprint density at radius 2 is 1.89 bits per heavy atom.